The molecular formula is C21H25ClN2O3S2. The Kier molecular flexibility index (Phi) is 5.30. The highest BCUT2D eigenvalue weighted by atomic mass is 35.5. The molecule has 0 bridgehead atoms. The summed E-state index contributed by atoms with van der Waals surface area (Å²) in [5.41, 5.74) is 4.99. The highest BCUT2D eigenvalue weighted by Gasteiger charge is 2.29. The van der Waals surface area contributed by atoms with Gasteiger partial charge in [-0.15, -0.1) is 15.7 Å². The van der Waals surface area contributed by atoms with Crippen LogP contribution in [0.4, 0.5) is 10.5 Å². The summed E-state index contributed by atoms with van der Waals surface area (Å²) in [5, 5.41) is 15.7. The second-order valence-corrected chi connectivity index (χ2v) is 12.1. The predicted molar refractivity (Wildman–Crippen MR) is 119 cm³/mol. The minimum atomic E-state index is -2.91. The number of hydrogen-bond acceptors (Lipinski definition) is 4. The number of benzene rings is 1. The normalized spacial score (nSPS) is 17.6. The molecule has 0 saturated heterocycles. The van der Waals surface area contributed by atoms with Crippen LogP contribution in [0.3, 0.4) is 0 Å². The van der Waals surface area contributed by atoms with Gasteiger partial charge in [-0.25, -0.2) is 9.00 Å². The van der Waals surface area contributed by atoms with E-state index < -0.39 is 21.4 Å². The molecule has 2 aliphatic carbocycles. The average Bonchev–Trinajstić information content (AvgIpc) is 3.37. The lowest BCUT2D eigenvalue weighted by molar-refractivity contribution is 0.0789. The standard InChI is InChI=1S/C21H25ClN2O3S2/c1-21(2,26)12-10-17(28-11-12)29(3,27)24-20(25)23-19-15-8-4-6-13(15)18(22)14-7-5-9-16(14)19/h10-11,26H,4-9H2,1-3H3,(H,23,25). The molecule has 0 spiro atoms. The van der Waals surface area contributed by atoms with E-state index in [1.54, 1.807) is 25.3 Å². The number of urea groups is 1. The molecule has 2 aromatic rings. The highest BCUT2D eigenvalue weighted by Crippen LogP contribution is 2.44. The first-order valence-electron chi connectivity index (χ1n) is 9.77. The molecule has 0 aliphatic heterocycles. The maximum atomic E-state index is 13.1. The lowest BCUT2D eigenvalue weighted by Crippen LogP contribution is -2.15. The predicted octanol–water partition coefficient (Wildman–Crippen LogP) is 5.30. The number of anilines is 1. The van der Waals surface area contributed by atoms with Crippen molar-refractivity contribution < 1.29 is 14.1 Å². The molecule has 0 saturated carbocycles. The van der Waals surface area contributed by atoms with Crippen molar-refractivity contribution in [2.24, 2.45) is 4.36 Å². The maximum absolute atomic E-state index is 13.1. The van der Waals surface area contributed by atoms with Crippen molar-refractivity contribution in [2.75, 3.05) is 11.6 Å². The lowest BCUT2D eigenvalue weighted by Gasteiger charge is -2.17. The fraction of sp³-hybridized carbons (Fsp3) is 0.476. The monoisotopic (exact) mass is 452 g/mol. The lowest BCUT2D eigenvalue weighted by atomic mass is 9.98. The summed E-state index contributed by atoms with van der Waals surface area (Å²) < 4.78 is 17.6. The minimum absolute atomic E-state index is 0.483. The van der Waals surface area contributed by atoms with Gasteiger partial charge in [-0.1, -0.05) is 11.6 Å². The second kappa shape index (κ2) is 7.38. The Morgan fingerprint density at radius 3 is 2.24 bits per heavy atom. The van der Waals surface area contributed by atoms with Gasteiger partial charge in [-0.3, -0.25) is 0 Å². The van der Waals surface area contributed by atoms with E-state index in [-0.39, 0.29) is 0 Å². The van der Waals surface area contributed by atoms with Crippen LogP contribution >= 0.6 is 22.9 Å². The van der Waals surface area contributed by atoms with Gasteiger partial charge < -0.3 is 10.4 Å². The minimum Gasteiger partial charge on any atom is -0.386 e. The Labute approximate surface area is 180 Å². The zero-order valence-electron chi connectivity index (χ0n) is 16.8. The van der Waals surface area contributed by atoms with Crippen LogP contribution in [-0.4, -0.2) is 21.6 Å². The van der Waals surface area contributed by atoms with Gasteiger partial charge in [0.15, 0.2) is 0 Å². The molecule has 1 atom stereocenters. The van der Waals surface area contributed by atoms with Crippen LogP contribution in [0.25, 0.3) is 0 Å². The smallest absolute Gasteiger partial charge is 0.353 e. The summed E-state index contributed by atoms with van der Waals surface area (Å²) in [6, 6.07) is 1.07. The van der Waals surface area contributed by atoms with E-state index in [2.05, 4.69) is 9.68 Å². The number of halogens is 1. The molecule has 0 fully saturated rings. The molecule has 29 heavy (non-hydrogen) atoms. The van der Waals surface area contributed by atoms with Gasteiger partial charge in [0.1, 0.15) is 4.21 Å². The van der Waals surface area contributed by atoms with Crippen LogP contribution in [-0.2, 0) is 41.0 Å². The molecule has 2 aliphatic rings. The van der Waals surface area contributed by atoms with E-state index in [1.807, 2.05) is 0 Å². The molecule has 1 aromatic heterocycles. The van der Waals surface area contributed by atoms with E-state index in [9.17, 15) is 14.1 Å². The fourth-order valence-corrected chi connectivity index (χ4v) is 7.19. The first-order chi connectivity index (χ1) is 13.6. The van der Waals surface area contributed by atoms with E-state index in [1.165, 1.54) is 17.6 Å². The van der Waals surface area contributed by atoms with E-state index >= 15 is 0 Å². The zero-order chi connectivity index (χ0) is 21.0. The molecule has 4 rings (SSSR count). The molecule has 156 valence electrons. The molecule has 1 unspecified atom stereocenters. The number of nitrogens with one attached hydrogen (secondary N) is 1. The van der Waals surface area contributed by atoms with Crippen LogP contribution in [0.5, 0.6) is 0 Å². The van der Waals surface area contributed by atoms with E-state index in [4.69, 9.17) is 11.6 Å². The van der Waals surface area contributed by atoms with E-state index in [0.29, 0.717) is 9.77 Å². The largest absolute Gasteiger partial charge is 0.386 e. The van der Waals surface area contributed by atoms with Gasteiger partial charge in [0.05, 0.1) is 15.3 Å². The maximum Gasteiger partial charge on any atom is 0.353 e. The van der Waals surface area contributed by atoms with Crippen LogP contribution in [0, 0.1) is 0 Å². The van der Waals surface area contributed by atoms with Gasteiger partial charge in [0.25, 0.3) is 0 Å². The third-order valence-electron chi connectivity index (χ3n) is 5.71. The molecule has 5 nitrogen and oxygen atoms in total. The zero-order valence-corrected chi connectivity index (χ0v) is 19.2. The summed E-state index contributed by atoms with van der Waals surface area (Å²) in [6.45, 7) is 3.34. The Bertz CT molecular complexity index is 1090. The number of amides is 2. The first-order valence-corrected chi connectivity index (χ1v) is 13.0. The number of rotatable bonds is 3. The molecule has 2 amide bonds. The number of fused-ring (bicyclic) bond motifs is 2. The van der Waals surface area contributed by atoms with Gasteiger partial charge in [0.2, 0.25) is 0 Å². The quantitative estimate of drug-likeness (QED) is 0.663. The van der Waals surface area contributed by atoms with Crippen LogP contribution in [0.2, 0.25) is 5.02 Å². The number of carbonyl (C=O) groups excluding carboxylic acids is 1. The summed E-state index contributed by atoms with van der Waals surface area (Å²) in [6.07, 6.45) is 7.15. The highest BCUT2D eigenvalue weighted by molar-refractivity contribution is 7.95. The summed E-state index contributed by atoms with van der Waals surface area (Å²) in [7, 11) is -2.91. The molecular weight excluding hydrogens is 428 g/mol. The van der Waals surface area contributed by atoms with Crippen LogP contribution in [0.15, 0.2) is 20.0 Å². The Balaban J connectivity index is 1.67. The molecule has 2 N–H and O–H groups in total. The third-order valence-corrected chi connectivity index (χ3v) is 9.49. The second-order valence-electron chi connectivity index (χ2n) is 8.35. The number of thiophene rings is 1. The van der Waals surface area contributed by atoms with Crippen molar-refractivity contribution in [2.45, 2.75) is 62.2 Å². The number of hydrogen-bond donors (Lipinski definition) is 2. The van der Waals surface area contributed by atoms with Crippen molar-refractivity contribution in [3.8, 4) is 0 Å². The average molecular weight is 453 g/mol. The van der Waals surface area contributed by atoms with Gasteiger partial charge in [-0.05, 0) is 91.6 Å². The van der Waals surface area contributed by atoms with Crippen molar-refractivity contribution in [3.63, 3.8) is 0 Å². The first kappa shape index (κ1) is 20.8. The molecule has 1 aromatic carbocycles. The Morgan fingerprint density at radius 2 is 1.72 bits per heavy atom. The van der Waals surface area contributed by atoms with E-state index in [0.717, 1.165) is 71.5 Å². The van der Waals surface area contributed by atoms with Crippen molar-refractivity contribution >= 4 is 44.4 Å². The molecule has 0 radical (unpaired) electrons. The van der Waals surface area contributed by atoms with Crippen molar-refractivity contribution in [3.05, 3.63) is 44.3 Å². The summed E-state index contributed by atoms with van der Waals surface area (Å²) >= 11 is 7.88. The van der Waals surface area contributed by atoms with Gasteiger partial charge >= 0.3 is 6.03 Å². The number of nitrogens with zero attached hydrogens (tertiary/aromatic N) is 1. The Morgan fingerprint density at radius 1 is 1.17 bits per heavy atom. The number of aliphatic hydroxyl groups is 1. The van der Waals surface area contributed by atoms with Crippen LogP contribution in [0.1, 0.15) is 54.5 Å². The number of carbonyl (C=O) groups is 1. The SMILES string of the molecule is CC(C)(O)c1csc(S(C)(=O)=NC(=O)Nc2c3c(c(Cl)c4c2CCC4)CCC3)c1. The molecule has 8 heteroatoms. The third kappa shape index (κ3) is 3.85. The summed E-state index contributed by atoms with van der Waals surface area (Å²) in [4.78, 5) is 12.8. The molecule has 1 heterocycles. The van der Waals surface area contributed by atoms with Crippen molar-refractivity contribution in [1.29, 1.82) is 0 Å². The van der Waals surface area contributed by atoms with Crippen LogP contribution < -0.4 is 5.32 Å². The van der Waals surface area contributed by atoms with Gasteiger partial charge in [-0.2, -0.15) is 0 Å². The topological polar surface area (TPSA) is 78.8 Å². The fourth-order valence-electron chi connectivity index (χ4n) is 4.21. The van der Waals surface area contributed by atoms with Crippen molar-refractivity contribution in [1.82, 2.24) is 0 Å². The van der Waals surface area contributed by atoms with Gasteiger partial charge in [0, 0.05) is 17.0 Å². The summed E-state index contributed by atoms with van der Waals surface area (Å²) in [5.74, 6) is 0. The Hall–Kier alpha value is -1.41.